The summed E-state index contributed by atoms with van der Waals surface area (Å²) in [6.45, 7) is 0.661. The van der Waals surface area contributed by atoms with Crippen LogP contribution in [0.2, 0.25) is 0 Å². The molecule has 0 aliphatic carbocycles. The molecule has 7 heteroatoms. The summed E-state index contributed by atoms with van der Waals surface area (Å²) in [5.74, 6) is 0.701. The van der Waals surface area contributed by atoms with E-state index in [1.807, 2.05) is 18.2 Å². The fourth-order valence-corrected chi connectivity index (χ4v) is 4.86. The van der Waals surface area contributed by atoms with Crippen LogP contribution in [-0.2, 0) is 6.54 Å². The highest BCUT2D eigenvalue weighted by molar-refractivity contribution is 9.10. The van der Waals surface area contributed by atoms with Crippen molar-refractivity contribution in [1.29, 1.82) is 0 Å². The number of furan rings is 1. The second kappa shape index (κ2) is 5.65. The molecule has 3 N–H and O–H groups in total. The molecule has 6 nitrogen and oxygen atoms in total. The van der Waals surface area contributed by atoms with Gasteiger partial charge in [0.1, 0.15) is 16.9 Å². The van der Waals surface area contributed by atoms with E-state index in [0.717, 1.165) is 22.7 Å². The number of hydrogen-bond donors (Lipinski definition) is 2. The zero-order valence-corrected chi connectivity index (χ0v) is 15.3. The van der Waals surface area contributed by atoms with Gasteiger partial charge in [0.25, 0.3) is 5.56 Å². The Morgan fingerprint density at radius 3 is 2.84 bits per heavy atom. The van der Waals surface area contributed by atoms with E-state index in [-0.39, 0.29) is 5.56 Å². The number of nitrogens with two attached hydrogens (primary N) is 1. The van der Waals surface area contributed by atoms with Gasteiger partial charge in [-0.25, -0.2) is 4.98 Å². The van der Waals surface area contributed by atoms with Gasteiger partial charge in [-0.3, -0.25) is 9.69 Å². The molecule has 130 valence electrons. The monoisotopic (exact) mass is 402 g/mol. The van der Waals surface area contributed by atoms with Crippen molar-refractivity contribution >= 4 is 38.0 Å². The van der Waals surface area contributed by atoms with E-state index in [1.54, 1.807) is 0 Å². The maximum atomic E-state index is 12.5. The van der Waals surface area contributed by atoms with Crippen LogP contribution >= 0.6 is 15.9 Å². The zero-order valence-electron chi connectivity index (χ0n) is 13.7. The molecule has 1 unspecified atom stereocenters. The number of hydrogen-bond acceptors (Lipinski definition) is 5. The fraction of sp³-hybridized carbons (Fsp3) is 0.444. The third-order valence-corrected chi connectivity index (χ3v) is 6.08. The van der Waals surface area contributed by atoms with Crippen LogP contribution < -0.4 is 11.3 Å². The third-order valence-electron chi connectivity index (χ3n) is 5.59. The lowest BCUT2D eigenvalue weighted by molar-refractivity contribution is 0.116. The topological polar surface area (TPSA) is 88.2 Å². The van der Waals surface area contributed by atoms with Crippen molar-refractivity contribution in [2.75, 3.05) is 0 Å². The maximum Gasteiger partial charge on any atom is 0.294 e. The smallest absolute Gasteiger partial charge is 0.294 e. The van der Waals surface area contributed by atoms with Gasteiger partial charge in [0.05, 0.1) is 6.54 Å². The van der Waals surface area contributed by atoms with E-state index >= 15 is 0 Å². The molecule has 0 saturated carbocycles. The molecule has 0 radical (unpaired) electrons. The Morgan fingerprint density at radius 2 is 2.08 bits per heavy atom. The van der Waals surface area contributed by atoms with Crippen molar-refractivity contribution in [3.63, 3.8) is 0 Å². The zero-order chi connectivity index (χ0) is 17.1. The number of halogens is 1. The Kier molecular flexibility index (Phi) is 3.52. The minimum absolute atomic E-state index is 0.214. The quantitative estimate of drug-likeness (QED) is 0.687. The number of rotatable bonds is 2. The van der Waals surface area contributed by atoms with Gasteiger partial charge in [-0.05, 0) is 43.9 Å². The van der Waals surface area contributed by atoms with Crippen molar-refractivity contribution < 1.29 is 4.42 Å². The average molecular weight is 403 g/mol. The summed E-state index contributed by atoms with van der Waals surface area (Å²) in [4.78, 5) is 22.6. The molecule has 3 atom stereocenters. The molecule has 5 rings (SSSR count). The molecular weight excluding hydrogens is 384 g/mol. The number of piperidine rings is 1. The number of benzene rings is 1. The molecule has 0 amide bonds. The molecule has 25 heavy (non-hydrogen) atoms. The van der Waals surface area contributed by atoms with Crippen LogP contribution in [0.15, 0.2) is 31.9 Å². The van der Waals surface area contributed by atoms with Gasteiger partial charge in [0.2, 0.25) is 5.58 Å². The largest absolute Gasteiger partial charge is 0.449 e. The first kappa shape index (κ1) is 15.5. The van der Waals surface area contributed by atoms with Crippen LogP contribution in [0.1, 0.15) is 31.5 Å². The summed E-state index contributed by atoms with van der Waals surface area (Å²) in [7, 11) is 0. The summed E-state index contributed by atoms with van der Waals surface area (Å²) < 4.78 is 6.63. The van der Waals surface area contributed by atoms with E-state index in [0.29, 0.717) is 47.2 Å². The summed E-state index contributed by atoms with van der Waals surface area (Å²) in [5.41, 5.74) is 7.55. The number of nitrogens with one attached hydrogen (secondary N) is 1. The average Bonchev–Trinajstić information content (AvgIpc) is 3.03. The van der Waals surface area contributed by atoms with Gasteiger partial charge in [-0.2, -0.15) is 0 Å². The predicted octanol–water partition coefficient (Wildman–Crippen LogP) is 2.89. The van der Waals surface area contributed by atoms with Crippen molar-refractivity contribution in [3.8, 4) is 0 Å². The maximum absolute atomic E-state index is 12.5. The van der Waals surface area contributed by atoms with Crippen molar-refractivity contribution in [3.05, 3.63) is 38.9 Å². The molecule has 2 aromatic heterocycles. The van der Waals surface area contributed by atoms with E-state index in [9.17, 15) is 4.79 Å². The molecule has 3 aromatic rings. The lowest BCUT2D eigenvalue weighted by Gasteiger charge is -2.37. The Morgan fingerprint density at radius 1 is 1.32 bits per heavy atom. The molecule has 2 bridgehead atoms. The third kappa shape index (κ3) is 2.53. The summed E-state index contributed by atoms with van der Waals surface area (Å²) in [5, 5.41) is 0.861. The van der Waals surface area contributed by atoms with Crippen LogP contribution in [0.3, 0.4) is 0 Å². The van der Waals surface area contributed by atoms with Crippen LogP contribution in [0, 0.1) is 0 Å². The lowest BCUT2D eigenvalue weighted by atomic mass is 9.98. The van der Waals surface area contributed by atoms with E-state index in [2.05, 4.69) is 25.8 Å². The van der Waals surface area contributed by atoms with Gasteiger partial charge < -0.3 is 15.1 Å². The summed E-state index contributed by atoms with van der Waals surface area (Å²) in [6, 6.07) is 7.01. The summed E-state index contributed by atoms with van der Waals surface area (Å²) in [6.07, 6.45) is 4.44. The van der Waals surface area contributed by atoms with Crippen LogP contribution in [0.4, 0.5) is 0 Å². The van der Waals surface area contributed by atoms with E-state index in [4.69, 9.17) is 15.1 Å². The standard InChI is InChI=1S/C18H19BrN4O2/c19-9-1-4-14-13(5-9)16-17(25-14)18(24)22-15(21-16)8-23-11-2-3-12(23)7-10(20)6-11/h1,4-5,10-12H,2-3,6-8,20H2,(H,21,22,24)/t10?,11-,12+. The highest BCUT2D eigenvalue weighted by atomic mass is 79.9. The Hall–Kier alpha value is -1.70. The minimum Gasteiger partial charge on any atom is -0.449 e. The van der Waals surface area contributed by atoms with Crippen LogP contribution in [-0.4, -0.2) is 33.0 Å². The Balaban J connectivity index is 1.57. The minimum atomic E-state index is -0.214. The van der Waals surface area contributed by atoms with Gasteiger partial charge in [-0.15, -0.1) is 0 Å². The number of H-pyrrole nitrogens is 1. The molecule has 2 fully saturated rings. The van der Waals surface area contributed by atoms with Gasteiger partial charge in [0.15, 0.2) is 0 Å². The highest BCUT2D eigenvalue weighted by Crippen LogP contribution is 2.36. The first-order valence-electron chi connectivity index (χ1n) is 8.71. The highest BCUT2D eigenvalue weighted by Gasteiger charge is 2.39. The Labute approximate surface area is 152 Å². The van der Waals surface area contributed by atoms with Crippen molar-refractivity contribution in [1.82, 2.24) is 14.9 Å². The SMILES string of the molecule is NC1C[C@H]2CC[C@@H](C1)N2Cc1nc2c(oc3ccc(Br)cc32)c(=O)[nH]1. The first-order chi connectivity index (χ1) is 12.1. The number of aromatic amines is 1. The van der Waals surface area contributed by atoms with Crippen molar-refractivity contribution in [2.45, 2.75) is 50.4 Å². The number of nitrogens with zero attached hydrogens (tertiary/aromatic N) is 2. The number of aromatic nitrogens is 2. The van der Waals surface area contributed by atoms with E-state index < -0.39 is 0 Å². The van der Waals surface area contributed by atoms with E-state index in [1.165, 1.54) is 12.8 Å². The van der Waals surface area contributed by atoms with Crippen molar-refractivity contribution in [2.24, 2.45) is 5.73 Å². The fourth-order valence-electron chi connectivity index (χ4n) is 4.49. The molecule has 1 aromatic carbocycles. The molecular formula is C18H19BrN4O2. The van der Waals surface area contributed by atoms with Crippen LogP contribution in [0.25, 0.3) is 22.1 Å². The predicted molar refractivity (Wildman–Crippen MR) is 99.4 cm³/mol. The second-order valence-electron chi connectivity index (χ2n) is 7.22. The van der Waals surface area contributed by atoms with Crippen LogP contribution in [0.5, 0.6) is 0 Å². The number of fused-ring (bicyclic) bond motifs is 5. The lowest BCUT2D eigenvalue weighted by Crippen LogP contribution is -2.47. The second-order valence-corrected chi connectivity index (χ2v) is 8.14. The molecule has 0 spiro atoms. The summed E-state index contributed by atoms with van der Waals surface area (Å²) >= 11 is 3.47. The first-order valence-corrected chi connectivity index (χ1v) is 9.50. The normalized spacial score (nSPS) is 26.7. The van der Waals surface area contributed by atoms with Gasteiger partial charge >= 0.3 is 0 Å². The van der Waals surface area contributed by atoms with Gasteiger partial charge in [0, 0.05) is 28.0 Å². The molecule has 2 aliphatic rings. The molecule has 4 heterocycles. The molecule has 2 aliphatic heterocycles. The molecule has 2 saturated heterocycles. The van der Waals surface area contributed by atoms with Gasteiger partial charge in [-0.1, -0.05) is 15.9 Å². The Bertz CT molecular complexity index is 1010.